The lowest BCUT2D eigenvalue weighted by Gasteiger charge is -2.28. The summed E-state index contributed by atoms with van der Waals surface area (Å²) in [5, 5.41) is 3.45. The van der Waals surface area contributed by atoms with E-state index in [4.69, 9.17) is 0 Å². The normalized spacial score (nSPS) is 11.6. The van der Waals surface area contributed by atoms with Crippen LogP contribution in [-0.2, 0) is 0 Å². The fourth-order valence-electron chi connectivity index (χ4n) is 0.809. The lowest BCUT2D eigenvalue weighted by Crippen LogP contribution is -2.41. The van der Waals surface area contributed by atoms with Crippen molar-refractivity contribution in [3.8, 4) is 0 Å². The molecule has 2 heteroatoms. The van der Waals surface area contributed by atoms with Crippen molar-refractivity contribution in [2.75, 3.05) is 6.54 Å². The Kier molecular flexibility index (Phi) is 5.02. The van der Waals surface area contributed by atoms with Gasteiger partial charge in [0, 0.05) is 16.6 Å². The molecule has 1 N–H and O–H groups in total. The van der Waals surface area contributed by atoms with E-state index in [-0.39, 0.29) is 5.54 Å². The van der Waals surface area contributed by atoms with Gasteiger partial charge in [-0.3, -0.25) is 0 Å². The van der Waals surface area contributed by atoms with Crippen molar-refractivity contribution in [3.05, 3.63) is 11.1 Å². The summed E-state index contributed by atoms with van der Waals surface area (Å²) >= 11 is 3.33. The molecule has 0 saturated heterocycles. The number of nitrogens with one attached hydrogen (secondary N) is 1. The van der Waals surface area contributed by atoms with Crippen molar-refractivity contribution in [2.45, 2.75) is 39.2 Å². The minimum Gasteiger partial charge on any atom is -0.307 e. The first-order valence-electron chi connectivity index (χ1n) is 4.12. The van der Waals surface area contributed by atoms with Crippen molar-refractivity contribution in [1.29, 1.82) is 0 Å². The Labute approximate surface area is 78.4 Å². The van der Waals surface area contributed by atoms with Crippen LogP contribution in [0.15, 0.2) is 11.1 Å². The van der Waals surface area contributed by atoms with E-state index in [1.54, 1.807) is 0 Å². The van der Waals surface area contributed by atoms with Gasteiger partial charge in [-0.2, -0.15) is 0 Å². The average Bonchev–Trinajstić information content (AvgIpc) is 2.00. The maximum absolute atomic E-state index is 3.78. The van der Waals surface area contributed by atoms with Crippen molar-refractivity contribution in [2.24, 2.45) is 0 Å². The molecule has 1 nitrogen and oxygen atoms in total. The summed E-state index contributed by atoms with van der Waals surface area (Å²) < 4.78 is 1.02. The van der Waals surface area contributed by atoms with Crippen LogP contribution in [0, 0.1) is 0 Å². The molecule has 0 radical (unpaired) electrons. The van der Waals surface area contributed by atoms with Crippen molar-refractivity contribution in [1.82, 2.24) is 5.32 Å². The molecule has 0 bridgehead atoms. The molecule has 0 saturated carbocycles. The van der Waals surface area contributed by atoms with Crippen LogP contribution >= 0.6 is 15.9 Å². The Balaban J connectivity index is 3.78. The van der Waals surface area contributed by atoms with E-state index in [1.807, 2.05) is 0 Å². The van der Waals surface area contributed by atoms with Crippen LogP contribution in [0.25, 0.3) is 0 Å². The van der Waals surface area contributed by atoms with E-state index >= 15 is 0 Å². The Morgan fingerprint density at radius 3 is 2.18 bits per heavy atom. The first kappa shape index (κ1) is 11.2. The minimum absolute atomic E-state index is 0.275. The second-order valence-corrected chi connectivity index (χ2v) is 4.26. The van der Waals surface area contributed by atoms with Gasteiger partial charge >= 0.3 is 0 Å². The standard InChI is InChI=1S/C9H18BrN/c1-5-9(4,6-2)11-7-8(3)10/h11H,3,5-7H2,1-2,4H3. The second kappa shape index (κ2) is 4.94. The Bertz CT molecular complexity index is 128. The molecule has 0 aliphatic rings. The Morgan fingerprint density at radius 1 is 1.45 bits per heavy atom. The average molecular weight is 220 g/mol. The summed E-state index contributed by atoms with van der Waals surface area (Å²) in [6.45, 7) is 11.3. The molecule has 0 aromatic heterocycles. The molecule has 0 rings (SSSR count). The highest BCUT2D eigenvalue weighted by molar-refractivity contribution is 9.11. The van der Waals surface area contributed by atoms with Crippen LogP contribution in [-0.4, -0.2) is 12.1 Å². The molecule has 0 amide bonds. The highest BCUT2D eigenvalue weighted by Gasteiger charge is 2.17. The number of hydrogen-bond donors (Lipinski definition) is 1. The van der Waals surface area contributed by atoms with E-state index < -0.39 is 0 Å². The van der Waals surface area contributed by atoms with E-state index in [0.29, 0.717) is 0 Å². The van der Waals surface area contributed by atoms with Crippen molar-refractivity contribution < 1.29 is 0 Å². The zero-order valence-corrected chi connectivity index (χ0v) is 9.29. The summed E-state index contributed by atoms with van der Waals surface area (Å²) in [4.78, 5) is 0. The quantitative estimate of drug-likeness (QED) is 0.750. The summed E-state index contributed by atoms with van der Waals surface area (Å²) in [5.74, 6) is 0. The van der Waals surface area contributed by atoms with Gasteiger partial charge in [0.2, 0.25) is 0 Å². The van der Waals surface area contributed by atoms with Gasteiger partial charge in [0.25, 0.3) is 0 Å². The van der Waals surface area contributed by atoms with Gasteiger partial charge < -0.3 is 5.32 Å². The van der Waals surface area contributed by atoms with Gasteiger partial charge in [-0.1, -0.05) is 36.4 Å². The topological polar surface area (TPSA) is 12.0 Å². The summed E-state index contributed by atoms with van der Waals surface area (Å²) in [6, 6.07) is 0. The van der Waals surface area contributed by atoms with Gasteiger partial charge in [-0.05, 0) is 19.8 Å². The minimum atomic E-state index is 0.275. The predicted octanol–water partition coefficient (Wildman–Crippen LogP) is 3.06. The number of rotatable bonds is 5. The molecule has 0 aliphatic carbocycles. The maximum atomic E-state index is 3.78. The predicted molar refractivity (Wildman–Crippen MR) is 55.1 cm³/mol. The van der Waals surface area contributed by atoms with Gasteiger partial charge in [-0.15, -0.1) is 0 Å². The second-order valence-electron chi connectivity index (χ2n) is 3.14. The van der Waals surface area contributed by atoms with Gasteiger partial charge in [-0.25, -0.2) is 0 Å². The van der Waals surface area contributed by atoms with Crippen LogP contribution in [0.1, 0.15) is 33.6 Å². The molecular weight excluding hydrogens is 202 g/mol. The molecule has 0 atom stereocenters. The smallest absolute Gasteiger partial charge is 0.0270 e. The Morgan fingerprint density at radius 2 is 1.91 bits per heavy atom. The van der Waals surface area contributed by atoms with Gasteiger partial charge in [0.05, 0.1) is 0 Å². The maximum Gasteiger partial charge on any atom is 0.0270 e. The molecule has 0 unspecified atom stereocenters. The third-order valence-corrected chi connectivity index (χ3v) is 2.55. The van der Waals surface area contributed by atoms with Gasteiger partial charge in [0.1, 0.15) is 0 Å². The molecule has 0 aromatic carbocycles. The summed E-state index contributed by atoms with van der Waals surface area (Å²) in [5.41, 5.74) is 0.275. The Hall–Kier alpha value is 0.180. The monoisotopic (exact) mass is 219 g/mol. The molecule has 0 spiro atoms. The van der Waals surface area contributed by atoms with Crippen LogP contribution < -0.4 is 5.32 Å². The van der Waals surface area contributed by atoms with Gasteiger partial charge in [0.15, 0.2) is 0 Å². The van der Waals surface area contributed by atoms with Crippen LogP contribution in [0.5, 0.6) is 0 Å². The lowest BCUT2D eigenvalue weighted by molar-refractivity contribution is 0.346. The molecule has 0 fully saturated rings. The number of halogens is 1. The highest BCUT2D eigenvalue weighted by atomic mass is 79.9. The zero-order valence-electron chi connectivity index (χ0n) is 7.71. The van der Waals surface area contributed by atoms with Crippen molar-refractivity contribution in [3.63, 3.8) is 0 Å². The highest BCUT2D eigenvalue weighted by Crippen LogP contribution is 2.14. The molecule has 0 aliphatic heterocycles. The number of hydrogen-bond acceptors (Lipinski definition) is 1. The summed E-state index contributed by atoms with van der Waals surface area (Å²) in [7, 11) is 0. The van der Waals surface area contributed by atoms with Crippen LogP contribution in [0.2, 0.25) is 0 Å². The first-order chi connectivity index (χ1) is 5.04. The zero-order chi connectivity index (χ0) is 8.91. The molecule has 0 aromatic rings. The molecule has 66 valence electrons. The SMILES string of the molecule is C=C(Br)CNC(C)(CC)CC. The van der Waals surface area contributed by atoms with Crippen molar-refractivity contribution >= 4 is 15.9 Å². The fraction of sp³-hybridized carbons (Fsp3) is 0.778. The van der Waals surface area contributed by atoms with Crippen LogP contribution in [0.4, 0.5) is 0 Å². The van der Waals surface area contributed by atoms with E-state index in [2.05, 4.69) is 48.6 Å². The van der Waals surface area contributed by atoms with E-state index in [0.717, 1.165) is 23.9 Å². The first-order valence-corrected chi connectivity index (χ1v) is 4.91. The molecule has 0 heterocycles. The van der Waals surface area contributed by atoms with E-state index in [1.165, 1.54) is 0 Å². The lowest BCUT2D eigenvalue weighted by atomic mass is 9.96. The molecular formula is C9H18BrN. The third kappa shape index (κ3) is 4.59. The third-order valence-electron chi connectivity index (χ3n) is 2.27. The summed E-state index contributed by atoms with van der Waals surface area (Å²) in [6.07, 6.45) is 2.31. The fourth-order valence-corrected chi connectivity index (χ4v) is 0.949. The van der Waals surface area contributed by atoms with Crippen LogP contribution in [0.3, 0.4) is 0 Å². The van der Waals surface area contributed by atoms with E-state index in [9.17, 15) is 0 Å². The largest absolute Gasteiger partial charge is 0.307 e. The molecule has 11 heavy (non-hydrogen) atoms.